The second-order valence-corrected chi connectivity index (χ2v) is 2.93. The van der Waals surface area contributed by atoms with Crippen LogP contribution in [0.15, 0.2) is 17.4 Å². The fraction of sp³-hybridized carbons (Fsp3) is 0.250. The fourth-order valence-electron chi connectivity index (χ4n) is 1.22. The molecule has 0 unspecified atom stereocenters. The highest BCUT2D eigenvalue weighted by Gasteiger charge is 2.08. The van der Waals surface area contributed by atoms with Crippen molar-refractivity contribution < 1.29 is 0 Å². The van der Waals surface area contributed by atoms with Crippen LogP contribution in [0.3, 0.4) is 0 Å². The van der Waals surface area contributed by atoms with Crippen LogP contribution in [0.25, 0.3) is 6.08 Å². The van der Waals surface area contributed by atoms with Gasteiger partial charge in [-0.25, -0.2) is 9.97 Å². The van der Waals surface area contributed by atoms with Gasteiger partial charge in [-0.05, 0) is 18.9 Å². The topological polar surface area (TPSA) is 25.8 Å². The third-order valence-electron chi connectivity index (χ3n) is 1.79. The Morgan fingerprint density at radius 2 is 2.27 bits per heavy atom. The molecular weight excluding hydrogens is 156 g/mol. The maximum Gasteiger partial charge on any atom is 0.117 e. The summed E-state index contributed by atoms with van der Waals surface area (Å²) in [6.45, 7) is 0. The Hall–Kier alpha value is -0.830. The molecule has 0 amide bonds. The van der Waals surface area contributed by atoms with Crippen LogP contribution in [0, 0.1) is 0 Å². The first kappa shape index (κ1) is 6.85. The molecule has 1 aromatic heterocycles. The van der Waals surface area contributed by atoms with Crippen LogP contribution in [0.5, 0.6) is 0 Å². The Balaban J connectivity index is 2.60. The van der Waals surface area contributed by atoms with Crippen LogP contribution >= 0.6 is 12.6 Å². The SMILES string of the molecule is Sc1ncnc2c1CCC=C2. The maximum atomic E-state index is 4.25. The summed E-state index contributed by atoms with van der Waals surface area (Å²) in [6, 6.07) is 0. The molecule has 0 atom stereocenters. The quantitative estimate of drug-likeness (QED) is 0.466. The zero-order chi connectivity index (χ0) is 7.68. The molecule has 1 heterocycles. The van der Waals surface area contributed by atoms with Crippen molar-refractivity contribution in [2.24, 2.45) is 0 Å². The number of hydrogen-bond donors (Lipinski definition) is 1. The first-order valence-electron chi connectivity index (χ1n) is 3.57. The lowest BCUT2D eigenvalue weighted by Gasteiger charge is -2.09. The molecule has 1 aliphatic rings. The van der Waals surface area contributed by atoms with Crippen LogP contribution in [0.1, 0.15) is 17.7 Å². The monoisotopic (exact) mass is 164 g/mol. The zero-order valence-corrected chi connectivity index (χ0v) is 6.88. The van der Waals surface area contributed by atoms with Gasteiger partial charge in [-0.2, -0.15) is 0 Å². The highest BCUT2D eigenvalue weighted by atomic mass is 32.1. The number of aromatic nitrogens is 2. The van der Waals surface area contributed by atoms with Crippen molar-refractivity contribution in [1.82, 2.24) is 9.97 Å². The molecule has 1 aromatic rings. The van der Waals surface area contributed by atoms with E-state index in [0.717, 1.165) is 23.6 Å². The first-order chi connectivity index (χ1) is 5.38. The third kappa shape index (κ3) is 1.16. The Kier molecular flexibility index (Phi) is 1.66. The summed E-state index contributed by atoms with van der Waals surface area (Å²) in [5.74, 6) is 0. The minimum absolute atomic E-state index is 0.819. The Morgan fingerprint density at radius 3 is 3.09 bits per heavy atom. The second-order valence-electron chi connectivity index (χ2n) is 2.50. The van der Waals surface area contributed by atoms with Crippen molar-refractivity contribution in [3.8, 4) is 0 Å². The molecule has 0 radical (unpaired) electrons. The van der Waals surface area contributed by atoms with Crippen LogP contribution in [-0.4, -0.2) is 9.97 Å². The number of fused-ring (bicyclic) bond motifs is 1. The van der Waals surface area contributed by atoms with Gasteiger partial charge in [0.15, 0.2) is 0 Å². The fourth-order valence-corrected chi connectivity index (χ4v) is 1.50. The van der Waals surface area contributed by atoms with Crippen LogP contribution < -0.4 is 0 Å². The van der Waals surface area contributed by atoms with Gasteiger partial charge in [0.2, 0.25) is 0 Å². The number of thiol groups is 1. The molecule has 0 saturated heterocycles. The summed E-state index contributed by atoms with van der Waals surface area (Å²) in [5.41, 5.74) is 2.20. The van der Waals surface area contributed by atoms with Gasteiger partial charge in [0.05, 0.1) is 5.69 Å². The molecule has 11 heavy (non-hydrogen) atoms. The van der Waals surface area contributed by atoms with Crippen molar-refractivity contribution in [3.05, 3.63) is 23.7 Å². The highest BCUT2D eigenvalue weighted by molar-refractivity contribution is 7.80. The van der Waals surface area contributed by atoms with Gasteiger partial charge >= 0.3 is 0 Å². The molecule has 2 rings (SSSR count). The summed E-state index contributed by atoms with van der Waals surface area (Å²) in [6.07, 6.45) is 7.80. The third-order valence-corrected chi connectivity index (χ3v) is 2.18. The van der Waals surface area contributed by atoms with E-state index in [1.54, 1.807) is 6.33 Å². The summed E-state index contributed by atoms with van der Waals surface area (Å²) in [5, 5.41) is 0.819. The van der Waals surface area contributed by atoms with E-state index in [2.05, 4.69) is 28.7 Å². The van der Waals surface area contributed by atoms with E-state index < -0.39 is 0 Å². The van der Waals surface area contributed by atoms with Gasteiger partial charge in [-0.1, -0.05) is 6.08 Å². The standard InChI is InChI=1S/C8H8N2S/c11-8-6-3-1-2-4-7(6)9-5-10-8/h2,4-5H,1,3H2,(H,9,10,11). The average molecular weight is 164 g/mol. The lowest BCUT2D eigenvalue weighted by Crippen LogP contribution is -1.99. The Bertz CT molecular complexity index is 307. The lowest BCUT2D eigenvalue weighted by molar-refractivity contribution is 0.879. The molecule has 56 valence electrons. The maximum absolute atomic E-state index is 4.25. The van der Waals surface area contributed by atoms with E-state index in [4.69, 9.17) is 0 Å². The number of nitrogens with zero attached hydrogens (tertiary/aromatic N) is 2. The van der Waals surface area contributed by atoms with Crippen molar-refractivity contribution in [2.75, 3.05) is 0 Å². The zero-order valence-electron chi connectivity index (χ0n) is 5.99. The molecule has 3 heteroatoms. The Labute approximate surface area is 70.8 Å². The molecule has 0 bridgehead atoms. The Morgan fingerprint density at radius 1 is 1.36 bits per heavy atom. The van der Waals surface area contributed by atoms with Gasteiger partial charge in [0.25, 0.3) is 0 Å². The number of hydrogen-bond acceptors (Lipinski definition) is 3. The minimum Gasteiger partial charge on any atom is -0.237 e. The summed E-state index contributed by atoms with van der Waals surface area (Å²) < 4.78 is 0. The number of allylic oxidation sites excluding steroid dienone is 1. The summed E-state index contributed by atoms with van der Waals surface area (Å²) in [4.78, 5) is 8.14. The van der Waals surface area contributed by atoms with Crippen molar-refractivity contribution in [3.63, 3.8) is 0 Å². The molecule has 0 aliphatic heterocycles. The second kappa shape index (κ2) is 2.66. The van der Waals surface area contributed by atoms with Gasteiger partial charge in [-0.15, -0.1) is 12.6 Å². The van der Waals surface area contributed by atoms with E-state index in [1.807, 2.05) is 6.08 Å². The van der Waals surface area contributed by atoms with E-state index in [9.17, 15) is 0 Å². The van der Waals surface area contributed by atoms with Crippen molar-refractivity contribution in [2.45, 2.75) is 17.9 Å². The van der Waals surface area contributed by atoms with Gasteiger partial charge < -0.3 is 0 Å². The smallest absolute Gasteiger partial charge is 0.117 e. The normalized spacial score (nSPS) is 14.6. The van der Waals surface area contributed by atoms with Crippen LogP contribution in [0.4, 0.5) is 0 Å². The van der Waals surface area contributed by atoms with Gasteiger partial charge in [-0.3, -0.25) is 0 Å². The minimum atomic E-state index is 0.819. The van der Waals surface area contributed by atoms with Gasteiger partial charge in [0.1, 0.15) is 11.4 Å². The summed E-state index contributed by atoms with van der Waals surface area (Å²) >= 11 is 4.25. The average Bonchev–Trinajstić information content (AvgIpc) is 2.06. The highest BCUT2D eigenvalue weighted by Crippen LogP contribution is 2.20. The van der Waals surface area contributed by atoms with Gasteiger partial charge in [0, 0.05) is 5.56 Å². The summed E-state index contributed by atoms with van der Waals surface area (Å²) in [7, 11) is 0. The van der Waals surface area contributed by atoms with Crippen LogP contribution in [-0.2, 0) is 6.42 Å². The largest absolute Gasteiger partial charge is 0.237 e. The molecular formula is C8H8N2S. The van der Waals surface area contributed by atoms with Crippen LogP contribution in [0.2, 0.25) is 0 Å². The van der Waals surface area contributed by atoms with E-state index in [-0.39, 0.29) is 0 Å². The molecule has 0 saturated carbocycles. The molecule has 0 fully saturated rings. The van der Waals surface area contributed by atoms with E-state index in [1.165, 1.54) is 5.56 Å². The van der Waals surface area contributed by atoms with Crippen molar-refractivity contribution in [1.29, 1.82) is 0 Å². The predicted octanol–water partition coefficient (Wildman–Crippen LogP) is 1.72. The predicted molar refractivity (Wildman–Crippen MR) is 46.6 cm³/mol. The molecule has 2 nitrogen and oxygen atoms in total. The number of rotatable bonds is 0. The van der Waals surface area contributed by atoms with E-state index in [0.29, 0.717) is 0 Å². The molecule has 0 N–H and O–H groups in total. The molecule has 0 spiro atoms. The molecule has 1 aliphatic carbocycles. The van der Waals surface area contributed by atoms with Crippen molar-refractivity contribution >= 4 is 18.7 Å². The lowest BCUT2D eigenvalue weighted by atomic mass is 10.0. The first-order valence-corrected chi connectivity index (χ1v) is 4.02. The van der Waals surface area contributed by atoms with E-state index >= 15 is 0 Å². The molecule has 0 aromatic carbocycles.